The van der Waals surface area contributed by atoms with Crippen LogP contribution in [0.5, 0.6) is 0 Å². The molecule has 0 saturated carbocycles. The minimum Gasteiger partial charge on any atom is -0.464 e. The van der Waals surface area contributed by atoms with E-state index >= 15 is 0 Å². The fourth-order valence-electron chi connectivity index (χ4n) is 0.816. The van der Waals surface area contributed by atoms with Gasteiger partial charge in [0.1, 0.15) is 0 Å². The van der Waals surface area contributed by atoms with E-state index in [1.165, 1.54) is 0 Å². The van der Waals surface area contributed by atoms with E-state index < -0.39 is 5.34 Å². The summed E-state index contributed by atoms with van der Waals surface area (Å²) in [6.07, 6.45) is 0.602. The Kier molecular flexibility index (Phi) is 5.43. The molecule has 3 nitrogen and oxygen atoms in total. The normalized spacial score (nSPS) is 15.3. The highest BCUT2D eigenvalue weighted by Gasteiger charge is 2.33. The van der Waals surface area contributed by atoms with Gasteiger partial charge >= 0.3 is 5.97 Å². The molecule has 0 spiro atoms. The standard InChI is InChI=1S/C8H17O3P/c1-4-8(12,11-6-3)7(9)10-5-2/h4-6,12H2,1-3H3. The van der Waals surface area contributed by atoms with Crippen LogP contribution >= 0.6 is 9.24 Å². The predicted molar refractivity (Wildman–Crippen MR) is 51.0 cm³/mol. The summed E-state index contributed by atoms with van der Waals surface area (Å²) >= 11 is 0. The van der Waals surface area contributed by atoms with Crippen LogP contribution < -0.4 is 0 Å². The van der Waals surface area contributed by atoms with Crippen molar-refractivity contribution in [3.8, 4) is 0 Å². The highest BCUT2D eigenvalue weighted by atomic mass is 31.0. The first-order valence-corrected chi connectivity index (χ1v) is 4.78. The van der Waals surface area contributed by atoms with Gasteiger partial charge in [0.15, 0.2) is 5.34 Å². The number of carbonyl (C=O) groups is 1. The Balaban J connectivity index is 4.18. The molecule has 0 N–H and O–H groups in total. The lowest BCUT2D eigenvalue weighted by atomic mass is 10.2. The smallest absolute Gasteiger partial charge is 0.342 e. The van der Waals surface area contributed by atoms with Gasteiger partial charge in [0.2, 0.25) is 0 Å². The second-order valence-electron chi connectivity index (χ2n) is 2.40. The van der Waals surface area contributed by atoms with Crippen molar-refractivity contribution in [1.82, 2.24) is 0 Å². The van der Waals surface area contributed by atoms with Crippen molar-refractivity contribution in [2.75, 3.05) is 13.2 Å². The average molecular weight is 192 g/mol. The third kappa shape index (κ3) is 3.08. The number of esters is 1. The molecule has 0 aliphatic carbocycles. The zero-order chi connectivity index (χ0) is 9.61. The number of hydrogen-bond donors (Lipinski definition) is 0. The van der Waals surface area contributed by atoms with Gasteiger partial charge in [-0.3, -0.25) is 0 Å². The number of rotatable bonds is 5. The van der Waals surface area contributed by atoms with Crippen LogP contribution in [0.25, 0.3) is 0 Å². The van der Waals surface area contributed by atoms with E-state index in [1.807, 2.05) is 13.8 Å². The van der Waals surface area contributed by atoms with Crippen molar-refractivity contribution in [3.05, 3.63) is 0 Å². The van der Waals surface area contributed by atoms with Crippen molar-refractivity contribution >= 4 is 15.2 Å². The zero-order valence-corrected chi connectivity index (χ0v) is 9.08. The minimum atomic E-state index is -0.842. The lowest BCUT2D eigenvalue weighted by molar-refractivity contribution is -0.160. The molecule has 0 saturated heterocycles. The van der Waals surface area contributed by atoms with Gasteiger partial charge in [0.25, 0.3) is 0 Å². The molecule has 72 valence electrons. The number of hydrogen-bond acceptors (Lipinski definition) is 3. The Labute approximate surface area is 76.0 Å². The fraction of sp³-hybridized carbons (Fsp3) is 0.875. The predicted octanol–water partition coefficient (Wildman–Crippen LogP) is 1.57. The van der Waals surface area contributed by atoms with Gasteiger partial charge in [-0.2, -0.15) is 0 Å². The van der Waals surface area contributed by atoms with Crippen molar-refractivity contribution in [2.24, 2.45) is 0 Å². The van der Waals surface area contributed by atoms with Crippen LogP contribution in [-0.4, -0.2) is 24.5 Å². The van der Waals surface area contributed by atoms with Crippen LogP contribution in [0.2, 0.25) is 0 Å². The van der Waals surface area contributed by atoms with Crippen molar-refractivity contribution < 1.29 is 14.3 Å². The highest BCUT2D eigenvalue weighted by molar-refractivity contribution is 7.20. The number of ether oxygens (including phenoxy) is 2. The summed E-state index contributed by atoms with van der Waals surface area (Å²) in [5.74, 6) is -0.306. The second kappa shape index (κ2) is 5.50. The molecule has 0 aromatic rings. The van der Waals surface area contributed by atoms with Gasteiger partial charge in [-0.25, -0.2) is 4.79 Å². The van der Waals surface area contributed by atoms with Gasteiger partial charge in [-0.05, 0) is 20.3 Å². The summed E-state index contributed by atoms with van der Waals surface area (Å²) in [6.45, 7) is 6.43. The molecule has 4 heteroatoms. The molecule has 0 heterocycles. The van der Waals surface area contributed by atoms with E-state index in [2.05, 4.69) is 9.24 Å². The molecule has 0 aliphatic heterocycles. The van der Waals surface area contributed by atoms with Crippen molar-refractivity contribution in [1.29, 1.82) is 0 Å². The summed E-state index contributed by atoms with van der Waals surface area (Å²) in [7, 11) is 2.41. The van der Waals surface area contributed by atoms with Crippen LogP contribution in [0, 0.1) is 0 Å². The number of carbonyl (C=O) groups excluding carboxylic acids is 1. The monoisotopic (exact) mass is 192 g/mol. The molecule has 2 atom stereocenters. The maximum Gasteiger partial charge on any atom is 0.342 e. The molecule has 2 unspecified atom stereocenters. The highest BCUT2D eigenvalue weighted by Crippen LogP contribution is 2.25. The molecule has 0 aromatic carbocycles. The van der Waals surface area contributed by atoms with Crippen LogP contribution in [0.1, 0.15) is 27.2 Å². The molecular formula is C8H17O3P. The van der Waals surface area contributed by atoms with Gasteiger partial charge < -0.3 is 9.47 Å². The summed E-state index contributed by atoms with van der Waals surface area (Å²) in [5, 5.41) is -0.842. The van der Waals surface area contributed by atoms with E-state index in [4.69, 9.17) is 9.47 Å². The molecule has 0 rings (SSSR count). The minimum absolute atomic E-state index is 0.306. The second-order valence-corrected chi connectivity index (χ2v) is 3.33. The lowest BCUT2D eigenvalue weighted by Crippen LogP contribution is -2.36. The van der Waals surface area contributed by atoms with Crippen molar-refractivity contribution in [2.45, 2.75) is 32.5 Å². The summed E-state index contributed by atoms with van der Waals surface area (Å²) in [6, 6.07) is 0. The van der Waals surface area contributed by atoms with Crippen molar-refractivity contribution in [3.63, 3.8) is 0 Å². The summed E-state index contributed by atoms with van der Waals surface area (Å²) in [5.41, 5.74) is 0. The molecule has 0 aromatic heterocycles. The zero-order valence-electron chi connectivity index (χ0n) is 7.92. The van der Waals surface area contributed by atoms with Gasteiger partial charge in [-0.15, -0.1) is 0 Å². The molecule has 0 radical (unpaired) electrons. The van der Waals surface area contributed by atoms with Crippen LogP contribution in [0.3, 0.4) is 0 Å². The Morgan fingerprint density at radius 3 is 2.25 bits per heavy atom. The quantitative estimate of drug-likeness (QED) is 0.490. The van der Waals surface area contributed by atoms with Gasteiger partial charge in [0, 0.05) is 6.61 Å². The van der Waals surface area contributed by atoms with E-state index in [9.17, 15) is 4.79 Å². The average Bonchev–Trinajstić information content (AvgIpc) is 2.05. The fourth-order valence-corrected chi connectivity index (χ4v) is 1.07. The van der Waals surface area contributed by atoms with Gasteiger partial charge in [0.05, 0.1) is 6.61 Å². The largest absolute Gasteiger partial charge is 0.464 e. The summed E-state index contributed by atoms with van der Waals surface area (Å²) < 4.78 is 10.1. The molecule has 0 bridgehead atoms. The Bertz CT molecular complexity index is 149. The first-order chi connectivity index (χ1) is 5.60. The molecule has 0 aliphatic rings. The van der Waals surface area contributed by atoms with Crippen LogP contribution in [0.15, 0.2) is 0 Å². The maximum atomic E-state index is 11.3. The van der Waals surface area contributed by atoms with E-state index in [0.29, 0.717) is 19.6 Å². The lowest BCUT2D eigenvalue weighted by Gasteiger charge is -2.24. The SMILES string of the molecule is CCOC(=O)C(P)(CC)OCC. The Morgan fingerprint density at radius 2 is 1.92 bits per heavy atom. The molecule has 12 heavy (non-hydrogen) atoms. The third-order valence-corrected chi connectivity index (χ3v) is 2.36. The Morgan fingerprint density at radius 1 is 1.33 bits per heavy atom. The molecule has 0 amide bonds. The van der Waals surface area contributed by atoms with E-state index in [-0.39, 0.29) is 5.97 Å². The topological polar surface area (TPSA) is 35.5 Å². The van der Waals surface area contributed by atoms with Crippen LogP contribution in [-0.2, 0) is 14.3 Å². The summed E-state index contributed by atoms with van der Waals surface area (Å²) in [4.78, 5) is 11.3. The van der Waals surface area contributed by atoms with Crippen LogP contribution in [0.4, 0.5) is 0 Å². The maximum absolute atomic E-state index is 11.3. The van der Waals surface area contributed by atoms with Gasteiger partial charge in [-0.1, -0.05) is 16.2 Å². The first-order valence-electron chi connectivity index (χ1n) is 4.20. The van der Waals surface area contributed by atoms with E-state index in [1.54, 1.807) is 6.92 Å². The Hall–Kier alpha value is -0.140. The molecule has 0 fully saturated rings. The third-order valence-electron chi connectivity index (χ3n) is 1.55. The first kappa shape index (κ1) is 11.9. The molecular weight excluding hydrogens is 175 g/mol. The van der Waals surface area contributed by atoms with E-state index in [0.717, 1.165) is 0 Å².